The lowest BCUT2D eigenvalue weighted by atomic mass is 10.1. The fraction of sp³-hybridized carbons (Fsp3) is 0.250. The molecule has 20 heavy (non-hydrogen) atoms. The molecule has 2 N–H and O–H groups in total. The molecule has 0 aliphatic rings. The van der Waals surface area contributed by atoms with Crippen molar-refractivity contribution in [3.05, 3.63) is 58.1 Å². The standard InChI is InChI=1S/C16H17BrO3/c1-11(19)14-7-6-13(10-15(14)17)20-16-5-3-2-4-12(16)8-9-18/h2-7,10-11,18-19H,8-9H2,1H3/t11-/m0/s1. The Labute approximate surface area is 127 Å². The molecule has 106 valence electrons. The summed E-state index contributed by atoms with van der Waals surface area (Å²) in [5.41, 5.74) is 1.78. The van der Waals surface area contributed by atoms with Gasteiger partial charge in [-0.25, -0.2) is 0 Å². The van der Waals surface area contributed by atoms with Crippen molar-refractivity contribution < 1.29 is 14.9 Å². The van der Waals surface area contributed by atoms with Gasteiger partial charge in [-0.05, 0) is 42.7 Å². The van der Waals surface area contributed by atoms with E-state index >= 15 is 0 Å². The van der Waals surface area contributed by atoms with Gasteiger partial charge in [-0.1, -0.05) is 40.2 Å². The lowest BCUT2D eigenvalue weighted by molar-refractivity contribution is 0.198. The number of hydrogen-bond donors (Lipinski definition) is 2. The highest BCUT2D eigenvalue weighted by Gasteiger charge is 2.09. The van der Waals surface area contributed by atoms with Gasteiger partial charge in [0.1, 0.15) is 11.5 Å². The van der Waals surface area contributed by atoms with E-state index in [0.29, 0.717) is 12.2 Å². The molecule has 2 rings (SSSR count). The van der Waals surface area contributed by atoms with E-state index in [4.69, 9.17) is 9.84 Å². The SMILES string of the molecule is C[C@H](O)c1ccc(Oc2ccccc2CCO)cc1Br. The minimum Gasteiger partial charge on any atom is -0.457 e. The van der Waals surface area contributed by atoms with Crippen molar-refractivity contribution in [3.8, 4) is 11.5 Å². The fourth-order valence-electron chi connectivity index (χ4n) is 1.97. The highest BCUT2D eigenvalue weighted by atomic mass is 79.9. The van der Waals surface area contributed by atoms with Gasteiger partial charge in [-0.3, -0.25) is 0 Å². The van der Waals surface area contributed by atoms with Crippen LogP contribution in [0.5, 0.6) is 11.5 Å². The monoisotopic (exact) mass is 336 g/mol. The maximum Gasteiger partial charge on any atom is 0.130 e. The molecule has 0 spiro atoms. The smallest absolute Gasteiger partial charge is 0.130 e. The van der Waals surface area contributed by atoms with E-state index in [1.807, 2.05) is 42.5 Å². The number of para-hydroxylation sites is 1. The largest absolute Gasteiger partial charge is 0.457 e. The van der Waals surface area contributed by atoms with Gasteiger partial charge in [-0.2, -0.15) is 0 Å². The third-order valence-electron chi connectivity index (χ3n) is 3.00. The van der Waals surface area contributed by atoms with E-state index in [9.17, 15) is 5.11 Å². The number of hydrogen-bond acceptors (Lipinski definition) is 3. The molecule has 0 bridgehead atoms. The van der Waals surface area contributed by atoms with Crippen LogP contribution in [0.2, 0.25) is 0 Å². The summed E-state index contributed by atoms with van der Waals surface area (Å²) in [6.07, 6.45) is 0.0309. The predicted molar refractivity (Wildman–Crippen MR) is 82.1 cm³/mol. The Kier molecular flexibility index (Phi) is 5.17. The van der Waals surface area contributed by atoms with Gasteiger partial charge in [-0.15, -0.1) is 0 Å². The number of aliphatic hydroxyl groups is 2. The van der Waals surface area contributed by atoms with Crippen LogP contribution in [0, 0.1) is 0 Å². The average Bonchev–Trinajstić information content (AvgIpc) is 2.41. The number of aliphatic hydroxyl groups excluding tert-OH is 2. The van der Waals surface area contributed by atoms with Gasteiger partial charge in [0, 0.05) is 11.1 Å². The van der Waals surface area contributed by atoms with Gasteiger partial charge in [0.15, 0.2) is 0 Å². The molecule has 1 atom stereocenters. The number of halogens is 1. The summed E-state index contributed by atoms with van der Waals surface area (Å²) >= 11 is 3.43. The van der Waals surface area contributed by atoms with E-state index < -0.39 is 6.10 Å². The summed E-state index contributed by atoms with van der Waals surface area (Å²) in [4.78, 5) is 0. The van der Waals surface area contributed by atoms with Crippen molar-refractivity contribution in [2.24, 2.45) is 0 Å². The Morgan fingerprint density at radius 1 is 1.20 bits per heavy atom. The molecule has 0 radical (unpaired) electrons. The van der Waals surface area contributed by atoms with Crippen LogP contribution < -0.4 is 4.74 Å². The summed E-state index contributed by atoms with van der Waals surface area (Å²) in [7, 11) is 0. The molecule has 0 aromatic heterocycles. The van der Waals surface area contributed by atoms with Crippen LogP contribution in [0.1, 0.15) is 24.2 Å². The van der Waals surface area contributed by atoms with E-state index in [-0.39, 0.29) is 6.61 Å². The third kappa shape index (κ3) is 3.60. The van der Waals surface area contributed by atoms with E-state index in [2.05, 4.69) is 15.9 Å². The van der Waals surface area contributed by atoms with Crippen LogP contribution >= 0.6 is 15.9 Å². The van der Waals surface area contributed by atoms with Crippen LogP contribution in [0.25, 0.3) is 0 Å². The van der Waals surface area contributed by atoms with Crippen LogP contribution in [0.4, 0.5) is 0 Å². The number of ether oxygens (including phenoxy) is 1. The molecule has 0 heterocycles. The van der Waals surface area contributed by atoms with Gasteiger partial charge in [0.05, 0.1) is 6.10 Å². The second kappa shape index (κ2) is 6.88. The summed E-state index contributed by atoms with van der Waals surface area (Å²) in [5, 5.41) is 18.7. The summed E-state index contributed by atoms with van der Waals surface area (Å²) in [6.45, 7) is 1.81. The quantitative estimate of drug-likeness (QED) is 0.872. The molecular formula is C16H17BrO3. The zero-order valence-electron chi connectivity index (χ0n) is 11.2. The van der Waals surface area contributed by atoms with Gasteiger partial charge < -0.3 is 14.9 Å². The highest BCUT2D eigenvalue weighted by Crippen LogP contribution is 2.31. The molecular weight excluding hydrogens is 320 g/mol. The molecule has 0 aliphatic carbocycles. The predicted octanol–water partition coefficient (Wildman–Crippen LogP) is 3.83. The van der Waals surface area contributed by atoms with Gasteiger partial charge in [0.25, 0.3) is 0 Å². The zero-order valence-corrected chi connectivity index (χ0v) is 12.8. The molecule has 0 saturated carbocycles. The Bertz CT molecular complexity index is 582. The summed E-state index contributed by atoms with van der Waals surface area (Å²) in [5.74, 6) is 1.42. The molecule has 0 unspecified atom stereocenters. The molecule has 0 aliphatic heterocycles. The van der Waals surface area contributed by atoms with Crippen LogP contribution in [0.15, 0.2) is 46.9 Å². The maximum absolute atomic E-state index is 9.60. The van der Waals surface area contributed by atoms with Crippen LogP contribution in [0.3, 0.4) is 0 Å². The van der Waals surface area contributed by atoms with Crippen molar-refractivity contribution in [2.45, 2.75) is 19.4 Å². The van der Waals surface area contributed by atoms with Crippen molar-refractivity contribution in [1.29, 1.82) is 0 Å². The van der Waals surface area contributed by atoms with Crippen LogP contribution in [-0.4, -0.2) is 16.8 Å². The van der Waals surface area contributed by atoms with Gasteiger partial charge in [0.2, 0.25) is 0 Å². The second-order valence-electron chi connectivity index (χ2n) is 4.54. The molecule has 4 heteroatoms. The second-order valence-corrected chi connectivity index (χ2v) is 5.40. The molecule has 0 amide bonds. The normalized spacial score (nSPS) is 12.2. The first-order valence-corrected chi connectivity index (χ1v) is 7.25. The molecule has 3 nitrogen and oxygen atoms in total. The highest BCUT2D eigenvalue weighted by molar-refractivity contribution is 9.10. The minimum absolute atomic E-state index is 0.0883. The zero-order chi connectivity index (χ0) is 14.5. The van der Waals surface area contributed by atoms with E-state index in [0.717, 1.165) is 21.3 Å². The van der Waals surface area contributed by atoms with E-state index in [1.54, 1.807) is 6.92 Å². The Hall–Kier alpha value is -1.36. The van der Waals surface area contributed by atoms with E-state index in [1.165, 1.54) is 0 Å². The Morgan fingerprint density at radius 3 is 2.60 bits per heavy atom. The first-order valence-electron chi connectivity index (χ1n) is 6.46. The average molecular weight is 337 g/mol. The molecule has 2 aromatic carbocycles. The lowest BCUT2D eigenvalue weighted by Crippen LogP contribution is -1.96. The molecule has 0 fully saturated rings. The maximum atomic E-state index is 9.60. The van der Waals surface area contributed by atoms with Crippen LogP contribution in [-0.2, 0) is 6.42 Å². The van der Waals surface area contributed by atoms with Crippen molar-refractivity contribution in [3.63, 3.8) is 0 Å². The van der Waals surface area contributed by atoms with Crippen molar-refractivity contribution in [1.82, 2.24) is 0 Å². The summed E-state index contributed by atoms with van der Waals surface area (Å²) in [6, 6.07) is 13.1. The van der Waals surface area contributed by atoms with Crippen molar-refractivity contribution >= 4 is 15.9 Å². The Morgan fingerprint density at radius 2 is 1.95 bits per heavy atom. The first-order chi connectivity index (χ1) is 9.61. The Balaban J connectivity index is 2.24. The lowest BCUT2D eigenvalue weighted by Gasteiger charge is -2.13. The summed E-state index contributed by atoms with van der Waals surface area (Å²) < 4.78 is 6.66. The van der Waals surface area contributed by atoms with Gasteiger partial charge >= 0.3 is 0 Å². The van der Waals surface area contributed by atoms with Crippen molar-refractivity contribution in [2.75, 3.05) is 6.61 Å². The number of rotatable bonds is 5. The fourth-order valence-corrected chi connectivity index (χ4v) is 2.66. The topological polar surface area (TPSA) is 49.7 Å². The minimum atomic E-state index is -0.528. The first kappa shape index (κ1) is 15.0. The molecule has 2 aromatic rings. The number of benzene rings is 2. The molecule has 0 saturated heterocycles. The third-order valence-corrected chi connectivity index (χ3v) is 3.69.